The van der Waals surface area contributed by atoms with Crippen molar-refractivity contribution in [3.8, 4) is 5.75 Å². The second-order valence-electron chi connectivity index (χ2n) is 4.17. The average molecular weight is 381 g/mol. The van der Waals surface area contributed by atoms with Crippen LogP contribution in [0.5, 0.6) is 5.75 Å². The maximum atomic E-state index is 12.0. The Balaban J connectivity index is 1.96. The lowest BCUT2D eigenvalue weighted by atomic mass is 10.2. The van der Waals surface area contributed by atoms with E-state index in [2.05, 4.69) is 26.0 Å². The summed E-state index contributed by atoms with van der Waals surface area (Å²) in [7, 11) is 0. The zero-order valence-electron chi connectivity index (χ0n) is 10.5. The van der Waals surface area contributed by atoms with Gasteiger partial charge in [0.25, 0.3) is 0 Å². The van der Waals surface area contributed by atoms with Crippen LogP contribution in [0.4, 0.5) is 18.9 Å². The van der Waals surface area contributed by atoms with Crippen molar-refractivity contribution < 1.29 is 17.9 Å². The molecule has 0 unspecified atom stereocenters. The Morgan fingerprint density at radius 1 is 1.10 bits per heavy atom. The van der Waals surface area contributed by atoms with Crippen LogP contribution in [0.15, 0.2) is 46.9 Å². The van der Waals surface area contributed by atoms with Crippen molar-refractivity contribution in [3.63, 3.8) is 0 Å². The number of benzene rings is 2. The standard InChI is InChI=1S/C14H10BrClF3NO/c15-12-7-10(3-6-13(12)16)20-8-9-1-4-11(5-2-9)21-14(17,18)19/h1-7,20H,8H2. The van der Waals surface area contributed by atoms with Crippen LogP contribution < -0.4 is 10.1 Å². The maximum absolute atomic E-state index is 12.0. The van der Waals surface area contributed by atoms with Crippen molar-refractivity contribution in [2.45, 2.75) is 12.9 Å². The predicted octanol–water partition coefficient (Wildman–Crippen LogP) is 5.61. The number of nitrogens with one attached hydrogen (secondary N) is 1. The van der Waals surface area contributed by atoms with E-state index in [1.165, 1.54) is 12.1 Å². The van der Waals surface area contributed by atoms with E-state index in [1.54, 1.807) is 18.2 Å². The van der Waals surface area contributed by atoms with E-state index in [0.717, 1.165) is 15.7 Å². The first-order chi connectivity index (χ1) is 9.83. The lowest BCUT2D eigenvalue weighted by molar-refractivity contribution is -0.274. The molecular formula is C14H10BrClF3NO. The first-order valence-electron chi connectivity index (χ1n) is 5.87. The molecule has 2 rings (SSSR count). The predicted molar refractivity (Wildman–Crippen MR) is 79.6 cm³/mol. The summed E-state index contributed by atoms with van der Waals surface area (Å²) in [6.45, 7) is 0.473. The van der Waals surface area contributed by atoms with E-state index in [1.807, 2.05) is 12.1 Å². The van der Waals surface area contributed by atoms with Crippen molar-refractivity contribution >= 4 is 33.2 Å². The highest BCUT2D eigenvalue weighted by atomic mass is 79.9. The smallest absolute Gasteiger partial charge is 0.406 e. The molecule has 0 atom stereocenters. The second-order valence-corrected chi connectivity index (χ2v) is 5.44. The summed E-state index contributed by atoms with van der Waals surface area (Å²) >= 11 is 9.20. The molecule has 0 amide bonds. The summed E-state index contributed by atoms with van der Waals surface area (Å²) in [6, 6.07) is 11.1. The Labute approximate surface area is 133 Å². The molecule has 2 nitrogen and oxygen atoms in total. The number of rotatable bonds is 4. The molecule has 0 aliphatic rings. The molecule has 21 heavy (non-hydrogen) atoms. The number of alkyl halides is 3. The summed E-state index contributed by atoms with van der Waals surface area (Å²) in [4.78, 5) is 0. The van der Waals surface area contributed by atoms with Gasteiger partial charge in [0, 0.05) is 16.7 Å². The topological polar surface area (TPSA) is 21.3 Å². The van der Waals surface area contributed by atoms with Crippen LogP contribution in [-0.2, 0) is 6.54 Å². The first kappa shape index (κ1) is 16.0. The fourth-order valence-electron chi connectivity index (χ4n) is 1.62. The molecule has 0 spiro atoms. The molecule has 0 fully saturated rings. The van der Waals surface area contributed by atoms with Gasteiger partial charge < -0.3 is 10.1 Å². The van der Waals surface area contributed by atoms with Gasteiger partial charge in [0.05, 0.1) is 5.02 Å². The summed E-state index contributed by atoms with van der Waals surface area (Å²) in [5.74, 6) is -0.236. The molecule has 2 aromatic rings. The van der Waals surface area contributed by atoms with Crippen molar-refractivity contribution in [3.05, 3.63) is 57.5 Å². The Morgan fingerprint density at radius 3 is 2.33 bits per heavy atom. The van der Waals surface area contributed by atoms with Crippen LogP contribution in [0.2, 0.25) is 5.02 Å². The highest BCUT2D eigenvalue weighted by molar-refractivity contribution is 9.10. The van der Waals surface area contributed by atoms with Crippen LogP contribution in [0.1, 0.15) is 5.56 Å². The monoisotopic (exact) mass is 379 g/mol. The fraction of sp³-hybridized carbons (Fsp3) is 0.143. The molecule has 0 aromatic heterocycles. The van der Waals surface area contributed by atoms with E-state index < -0.39 is 6.36 Å². The van der Waals surface area contributed by atoms with Crippen molar-refractivity contribution in [2.24, 2.45) is 0 Å². The number of ether oxygens (including phenoxy) is 1. The van der Waals surface area contributed by atoms with Crippen molar-refractivity contribution in [2.75, 3.05) is 5.32 Å². The van der Waals surface area contributed by atoms with Crippen molar-refractivity contribution in [1.82, 2.24) is 0 Å². The molecule has 0 aliphatic carbocycles. The Kier molecular flexibility index (Phi) is 5.00. The van der Waals surface area contributed by atoms with Gasteiger partial charge in [-0.25, -0.2) is 0 Å². The molecule has 0 bridgehead atoms. The van der Waals surface area contributed by atoms with E-state index in [-0.39, 0.29) is 5.75 Å². The summed E-state index contributed by atoms with van der Waals surface area (Å²) in [5.41, 5.74) is 1.68. The quantitative estimate of drug-likeness (QED) is 0.744. The normalized spacial score (nSPS) is 11.3. The SMILES string of the molecule is FC(F)(F)Oc1ccc(CNc2ccc(Cl)c(Br)c2)cc1. The fourth-order valence-corrected chi connectivity index (χ4v) is 2.12. The number of hydrogen-bond donors (Lipinski definition) is 1. The van der Waals surface area contributed by atoms with Gasteiger partial charge in [-0.05, 0) is 51.8 Å². The van der Waals surface area contributed by atoms with Crippen LogP contribution in [0.25, 0.3) is 0 Å². The third kappa shape index (κ3) is 5.13. The molecule has 0 saturated carbocycles. The van der Waals surface area contributed by atoms with Crippen LogP contribution in [0, 0.1) is 0 Å². The van der Waals surface area contributed by atoms with Crippen molar-refractivity contribution in [1.29, 1.82) is 0 Å². The Bertz CT molecular complexity index is 617. The second kappa shape index (κ2) is 6.58. The van der Waals surface area contributed by atoms with Crippen LogP contribution in [-0.4, -0.2) is 6.36 Å². The average Bonchev–Trinajstić information content (AvgIpc) is 2.40. The Hall–Kier alpha value is -1.40. The van der Waals surface area contributed by atoms with Crippen LogP contribution in [0.3, 0.4) is 0 Å². The van der Waals surface area contributed by atoms with Gasteiger partial charge in [-0.1, -0.05) is 23.7 Å². The minimum absolute atomic E-state index is 0.236. The minimum Gasteiger partial charge on any atom is -0.406 e. The summed E-state index contributed by atoms with van der Waals surface area (Å²) in [6.07, 6.45) is -4.67. The minimum atomic E-state index is -4.67. The number of anilines is 1. The maximum Gasteiger partial charge on any atom is 0.573 e. The molecule has 0 saturated heterocycles. The highest BCUT2D eigenvalue weighted by Crippen LogP contribution is 2.26. The van der Waals surface area contributed by atoms with Gasteiger partial charge >= 0.3 is 6.36 Å². The van der Waals surface area contributed by atoms with Gasteiger partial charge in [0.15, 0.2) is 0 Å². The molecule has 0 aliphatic heterocycles. The zero-order chi connectivity index (χ0) is 15.5. The number of halogens is 5. The van der Waals surface area contributed by atoms with Gasteiger partial charge in [-0.2, -0.15) is 0 Å². The molecule has 112 valence electrons. The third-order valence-corrected chi connectivity index (χ3v) is 3.79. The number of hydrogen-bond acceptors (Lipinski definition) is 2. The summed E-state index contributed by atoms with van der Waals surface area (Å²) < 4.78 is 40.7. The Morgan fingerprint density at radius 2 is 1.76 bits per heavy atom. The van der Waals surface area contributed by atoms with Gasteiger partial charge in [-0.3, -0.25) is 0 Å². The van der Waals surface area contributed by atoms with Gasteiger partial charge in [-0.15, -0.1) is 13.2 Å². The van der Waals surface area contributed by atoms with E-state index in [9.17, 15) is 13.2 Å². The summed E-state index contributed by atoms with van der Waals surface area (Å²) in [5, 5.41) is 3.75. The van der Waals surface area contributed by atoms with E-state index in [0.29, 0.717) is 11.6 Å². The van der Waals surface area contributed by atoms with Gasteiger partial charge in [0.1, 0.15) is 5.75 Å². The van der Waals surface area contributed by atoms with Crippen LogP contribution >= 0.6 is 27.5 Å². The molecular weight excluding hydrogens is 371 g/mol. The lowest BCUT2D eigenvalue weighted by Crippen LogP contribution is -2.17. The highest BCUT2D eigenvalue weighted by Gasteiger charge is 2.30. The molecule has 2 aromatic carbocycles. The largest absolute Gasteiger partial charge is 0.573 e. The molecule has 1 N–H and O–H groups in total. The lowest BCUT2D eigenvalue weighted by Gasteiger charge is -2.10. The molecule has 0 heterocycles. The zero-order valence-corrected chi connectivity index (χ0v) is 12.9. The van der Waals surface area contributed by atoms with E-state index in [4.69, 9.17) is 11.6 Å². The molecule has 7 heteroatoms. The third-order valence-electron chi connectivity index (χ3n) is 2.57. The molecule has 0 radical (unpaired) electrons. The first-order valence-corrected chi connectivity index (χ1v) is 7.04. The van der Waals surface area contributed by atoms with E-state index >= 15 is 0 Å². The van der Waals surface area contributed by atoms with Gasteiger partial charge in [0.2, 0.25) is 0 Å².